The fourth-order valence-corrected chi connectivity index (χ4v) is 1.57. The van der Waals surface area contributed by atoms with Crippen molar-refractivity contribution >= 4 is 22.6 Å². The van der Waals surface area contributed by atoms with Gasteiger partial charge < -0.3 is 5.73 Å². The summed E-state index contributed by atoms with van der Waals surface area (Å²) in [7, 11) is 0. The van der Waals surface area contributed by atoms with Crippen molar-refractivity contribution in [1.29, 1.82) is 0 Å². The summed E-state index contributed by atoms with van der Waals surface area (Å²) >= 11 is 1.16. The zero-order valence-electron chi connectivity index (χ0n) is 8.28. The number of carbonyl (C=O) groups excluding carboxylic acids is 1. The van der Waals surface area contributed by atoms with Crippen molar-refractivity contribution in [3.05, 3.63) is 5.82 Å². The number of nitrogens with one attached hydrogen (secondary N) is 1. The molecule has 1 heterocycles. The number of anilines is 1. The van der Waals surface area contributed by atoms with Crippen LogP contribution < -0.4 is 11.1 Å². The summed E-state index contributed by atoms with van der Waals surface area (Å²) in [6.07, 6.45) is 1.58. The molecule has 5 nitrogen and oxygen atoms in total. The van der Waals surface area contributed by atoms with Crippen LogP contribution in [0.1, 0.15) is 25.6 Å². The van der Waals surface area contributed by atoms with Gasteiger partial charge in [0.15, 0.2) is 0 Å². The van der Waals surface area contributed by atoms with E-state index in [4.69, 9.17) is 5.73 Å². The highest BCUT2D eigenvalue weighted by Gasteiger charge is 2.13. The highest BCUT2D eigenvalue weighted by Crippen LogP contribution is 2.10. The average molecular weight is 214 g/mol. The number of aryl methyl sites for hydroxylation is 1. The van der Waals surface area contributed by atoms with Crippen molar-refractivity contribution in [2.45, 2.75) is 32.7 Å². The van der Waals surface area contributed by atoms with Gasteiger partial charge in [0.25, 0.3) is 0 Å². The van der Waals surface area contributed by atoms with E-state index in [-0.39, 0.29) is 5.91 Å². The first-order valence-electron chi connectivity index (χ1n) is 4.50. The van der Waals surface area contributed by atoms with Gasteiger partial charge in [0.05, 0.1) is 6.04 Å². The largest absolute Gasteiger partial charge is 0.320 e. The molecule has 1 aromatic rings. The molecular weight excluding hydrogens is 200 g/mol. The van der Waals surface area contributed by atoms with E-state index in [2.05, 4.69) is 14.7 Å². The average Bonchev–Trinajstić information content (AvgIpc) is 2.51. The molecule has 6 heteroatoms. The molecule has 1 amide bonds. The Bertz CT molecular complexity index is 312. The van der Waals surface area contributed by atoms with Crippen molar-refractivity contribution in [3.63, 3.8) is 0 Å². The van der Waals surface area contributed by atoms with E-state index in [9.17, 15) is 4.79 Å². The number of amides is 1. The first-order valence-corrected chi connectivity index (χ1v) is 5.27. The molecule has 0 fully saturated rings. The van der Waals surface area contributed by atoms with Gasteiger partial charge in [-0.3, -0.25) is 10.1 Å². The second kappa shape index (κ2) is 5.02. The first kappa shape index (κ1) is 11.1. The second-order valence-electron chi connectivity index (χ2n) is 3.03. The highest BCUT2D eigenvalue weighted by atomic mass is 32.1. The minimum absolute atomic E-state index is 0.192. The smallest absolute Gasteiger partial charge is 0.243 e. The Labute approximate surface area is 86.9 Å². The van der Waals surface area contributed by atoms with Crippen LogP contribution in [0.3, 0.4) is 0 Å². The third-order valence-corrected chi connectivity index (χ3v) is 2.42. The van der Waals surface area contributed by atoms with E-state index in [0.717, 1.165) is 18.0 Å². The van der Waals surface area contributed by atoms with Gasteiger partial charge in [0.1, 0.15) is 5.82 Å². The third-order valence-electron chi connectivity index (χ3n) is 1.69. The molecule has 0 aliphatic rings. The molecule has 14 heavy (non-hydrogen) atoms. The van der Waals surface area contributed by atoms with Crippen LogP contribution in [0.2, 0.25) is 0 Å². The van der Waals surface area contributed by atoms with Gasteiger partial charge in [-0.15, -0.1) is 0 Å². The van der Waals surface area contributed by atoms with E-state index in [1.165, 1.54) is 0 Å². The van der Waals surface area contributed by atoms with E-state index in [1.807, 2.05) is 6.92 Å². The molecule has 1 atom stereocenters. The van der Waals surface area contributed by atoms with Crippen LogP contribution in [0.5, 0.6) is 0 Å². The Morgan fingerprint density at radius 2 is 2.43 bits per heavy atom. The molecule has 0 spiro atoms. The first-order chi connectivity index (χ1) is 6.63. The number of nitrogens with zero attached hydrogens (tertiary/aromatic N) is 2. The van der Waals surface area contributed by atoms with Crippen LogP contribution in [0.4, 0.5) is 5.13 Å². The van der Waals surface area contributed by atoms with Gasteiger partial charge in [0, 0.05) is 11.5 Å². The molecule has 0 aliphatic carbocycles. The Morgan fingerprint density at radius 3 is 2.93 bits per heavy atom. The predicted molar refractivity (Wildman–Crippen MR) is 56.2 cm³/mol. The standard InChI is InChI=1S/C8H14N4OS/c1-3-4-6(9)7(13)11-8-10-5(2)12-14-8/h6H,3-4,9H2,1-2H3,(H,10,11,12,13). The van der Waals surface area contributed by atoms with E-state index in [1.54, 1.807) is 6.92 Å². The number of hydrogen-bond donors (Lipinski definition) is 2. The number of carbonyl (C=O) groups is 1. The fourth-order valence-electron chi connectivity index (χ4n) is 0.988. The topological polar surface area (TPSA) is 80.9 Å². The Kier molecular flexibility index (Phi) is 3.97. The molecule has 78 valence electrons. The monoisotopic (exact) mass is 214 g/mol. The van der Waals surface area contributed by atoms with Crippen molar-refractivity contribution in [2.24, 2.45) is 5.73 Å². The Hall–Kier alpha value is -1.01. The van der Waals surface area contributed by atoms with Gasteiger partial charge in [-0.1, -0.05) is 13.3 Å². The zero-order chi connectivity index (χ0) is 10.6. The van der Waals surface area contributed by atoms with Gasteiger partial charge in [-0.05, 0) is 13.3 Å². The summed E-state index contributed by atoms with van der Waals surface area (Å²) in [5.41, 5.74) is 5.63. The normalized spacial score (nSPS) is 12.5. The molecule has 0 saturated carbocycles. The molecule has 1 aromatic heterocycles. The zero-order valence-corrected chi connectivity index (χ0v) is 9.10. The van der Waals surface area contributed by atoms with Gasteiger partial charge in [-0.25, -0.2) is 4.98 Å². The van der Waals surface area contributed by atoms with Crippen LogP contribution in [-0.4, -0.2) is 21.3 Å². The number of rotatable bonds is 4. The fraction of sp³-hybridized carbons (Fsp3) is 0.625. The second-order valence-corrected chi connectivity index (χ2v) is 3.78. The third kappa shape index (κ3) is 3.04. The van der Waals surface area contributed by atoms with Crippen LogP contribution in [0.25, 0.3) is 0 Å². The summed E-state index contributed by atoms with van der Waals surface area (Å²) in [5.74, 6) is 0.470. The van der Waals surface area contributed by atoms with Crippen LogP contribution in [0.15, 0.2) is 0 Å². The highest BCUT2D eigenvalue weighted by molar-refractivity contribution is 7.09. The van der Waals surface area contributed by atoms with Gasteiger partial charge in [0.2, 0.25) is 11.0 Å². The summed E-state index contributed by atoms with van der Waals surface area (Å²) in [6.45, 7) is 3.76. The molecule has 0 bridgehead atoms. The molecule has 1 unspecified atom stereocenters. The molecule has 1 rings (SSSR count). The molecule has 0 radical (unpaired) electrons. The van der Waals surface area contributed by atoms with Gasteiger partial charge >= 0.3 is 0 Å². The van der Waals surface area contributed by atoms with Crippen molar-refractivity contribution in [2.75, 3.05) is 5.32 Å². The maximum atomic E-state index is 11.4. The van der Waals surface area contributed by atoms with E-state index >= 15 is 0 Å². The van der Waals surface area contributed by atoms with E-state index in [0.29, 0.717) is 17.4 Å². The van der Waals surface area contributed by atoms with Gasteiger partial charge in [-0.2, -0.15) is 4.37 Å². The maximum Gasteiger partial charge on any atom is 0.243 e. The minimum Gasteiger partial charge on any atom is -0.320 e. The van der Waals surface area contributed by atoms with Crippen LogP contribution >= 0.6 is 11.5 Å². The lowest BCUT2D eigenvalue weighted by atomic mass is 10.2. The summed E-state index contributed by atoms with van der Waals surface area (Å²) in [6, 6.07) is -0.454. The van der Waals surface area contributed by atoms with Crippen LogP contribution in [0, 0.1) is 6.92 Å². The van der Waals surface area contributed by atoms with E-state index < -0.39 is 6.04 Å². The number of hydrogen-bond acceptors (Lipinski definition) is 5. The summed E-state index contributed by atoms with van der Waals surface area (Å²) in [4.78, 5) is 15.4. The summed E-state index contributed by atoms with van der Waals surface area (Å²) in [5, 5.41) is 3.14. The lowest BCUT2D eigenvalue weighted by molar-refractivity contribution is -0.117. The predicted octanol–water partition coefficient (Wildman–Crippen LogP) is 0.912. The minimum atomic E-state index is -0.454. The van der Waals surface area contributed by atoms with Crippen molar-refractivity contribution < 1.29 is 4.79 Å². The SMILES string of the molecule is CCCC(N)C(=O)Nc1nc(C)ns1. The summed E-state index contributed by atoms with van der Waals surface area (Å²) < 4.78 is 3.95. The quantitative estimate of drug-likeness (QED) is 0.780. The Morgan fingerprint density at radius 1 is 1.71 bits per heavy atom. The molecule has 3 N–H and O–H groups in total. The number of nitrogens with two attached hydrogens (primary N) is 1. The van der Waals surface area contributed by atoms with Crippen molar-refractivity contribution in [3.8, 4) is 0 Å². The van der Waals surface area contributed by atoms with Crippen LogP contribution in [-0.2, 0) is 4.79 Å². The number of aromatic nitrogens is 2. The Balaban J connectivity index is 2.48. The molecule has 0 aromatic carbocycles. The lowest BCUT2D eigenvalue weighted by Gasteiger charge is -2.08. The molecule has 0 saturated heterocycles. The molecular formula is C8H14N4OS. The molecule has 0 aliphatic heterocycles. The lowest BCUT2D eigenvalue weighted by Crippen LogP contribution is -2.35. The maximum absolute atomic E-state index is 11.4. The van der Waals surface area contributed by atoms with Crippen molar-refractivity contribution in [1.82, 2.24) is 9.36 Å².